The molecule has 2 heterocycles. The van der Waals surface area contributed by atoms with E-state index in [4.69, 9.17) is 17.4 Å². The topological polar surface area (TPSA) is 54.0 Å². The molecule has 2 N–H and O–H groups in total. The molecule has 1 unspecified atom stereocenters. The molecular formula is C21H25ClN4S. The Morgan fingerprint density at radius 2 is 2.00 bits per heavy atom. The van der Waals surface area contributed by atoms with Gasteiger partial charge in [-0.2, -0.15) is 5.10 Å². The van der Waals surface area contributed by atoms with Crippen LogP contribution in [0.2, 0.25) is 4.34 Å². The van der Waals surface area contributed by atoms with E-state index in [2.05, 4.69) is 53.4 Å². The van der Waals surface area contributed by atoms with Crippen LogP contribution in [-0.2, 0) is 6.54 Å². The molecular weight excluding hydrogens is 376 g/mol. The molecule has 0 saturated carbocycles. The lowest BCUT2D eigenvalue weighted by Gasteiger charge is -2.31. The molecule has 1 aliphatic rings. The summed E-state index contributed by atoms with van der Waals surface area (Å²) in [7, 11) is 3.86. The third-order valence-electron chi connectivity index (χ3n) is 4.26. The van der Waals surface area contributed by atoms with Crippen molar-refractivity contribution in [1.82, 2.24) is 4.90 Å². The summed E-state index contributed by atoms with van der Waals surface area (Å²) in [6.07, 6.45) is 4.98. The highest BCUT2D eigenvalue weighted by atomic mass is 35.5. The van der Waals surface area contributed by atoms with Gasteiger partial charge in [-0.1, -0.05) is 61.2 Å². The highest BCUT2D eigenvalue weighted by Gasteiger charge is 2.29. The summed E-state index contributed by atoms with van der Waals surface area (Å²) < 4.78 is 0.843. The molecule has 4 nitrogen and oxygen atoms in total. The molecule has 0 saturated heterocycles. The van der Waals surface area contributed by atoms with E-state index < -0.39 is 0 Å². The van der Waals surface area contributed by atoms with Crippen LogP contribution in [0.15, 0.2) is 65.7 Å². The lowest BCUT2D eigenvalue weighted by atomic mass is 9.85. The first-order chi connectivity index (χ1) is 13.0. The van der Waals surface area contributed by atoms with Gasteiger partial charge in [0.1, 0.15) is 5.71 Å². The summed E-state index contributed by atoms with van der Waals surface area (Å²) in [5.74, 6) is 5.84. The zero-order valence-corrected chi connectivity index (χ0v) is 17.3. The number of nitrogens with two attached hydrogens (primary N) is 1. The average Bonchev–Trinajstić information content (AvgIpc) is 3.05. The van der Waals surface area contributed by atoms with Crippen molar-refractivity contribution in [3.05, 3.63) is 81.5 Å². The minimum absolute atomic E-state index is 0.255. The Kier molecular flexibility index (Phi) is 7.98. The predicted octanol–water partition coefficient (Wildman–Crippen LogP) is 4.70. The summed E-state index contributed by atoms with van der Waals surface area (Å²) in [5, 5.41) is 3.91. The van der Waals surface area contributed by atoms with Gasteiger partial charge in [0.2, 0.25) is 0 Å². The third kappa shape index (κ3) is 5.16. The number of aliphatic imine (C=N–C) groups is 1. The van der Waals surface area contributed by atoms with Crippen LogP contribution >= 0.6 is 22.9 Å². The molecule has 0 aliphatic carbocycles. The van der Waals surface area contributed by atoms with Gasteiger partial charge in [0.05, 0.1) is 4.34 Å². The van der Waals surface area contributed by atoms with Crippen molar-refractivity contribution < 1.29 is 0 Å². The van der Waals surface area contributed by atoms with Gasteiger partial charge in [0.15, 0.2) is 0 Å². The first-order valence-electron chi connectivity index (χ1n) is 8.55. The van der Waals surface area contributed by atoms with E-state index in [9.17, 15) is 0 Å². The van der Waals surface area contributed by atoms with Crippen LogP contribution in [0, 0.1) is 0 Å². The lowest BCUT2D eigenvalue weighted by Crippen LogP contribution is -2.30. The molecule has 1 aromatic heterocycles. The predicted molar refractivity (Wildman–Crippen MR) is 119 cm³/mol. The molecule has 1 atom stereocenters. The highest BCUT2D eigenvalue weighted by molar-refractivity contribution is 7.16. The summed E-state index contributed by atoms with van der Waals surface area (Å²) in [6.45, 7) is 8.61. The van der Waals surface area contributed by atoms with Gasteiger partial charge in [-0.05, 0) is 24.2 Å². The monoisotopic (exact) mass is 400 g/mol. The van der Waals surface area contributed by atoms with Crippen molar-refractivity contribution >= 4 is 34.9 Å². The van der Waals surface area contributed by atoms with Crippen LogP contribution in [0.1, 0.15) is 27.5 Å². The standard InChI is InChI=1S/C17H19ClN4S.C4H6/c1-20-8-15(21-19)12-6-4-3-5-11(12)14-9-22(2)10-16-13(14)7-17(18)23-16;1-3-4-2/h3-8,14H,9-10,19H2,1-2H3;3-4H,1-2H2/b20-8?,21-15+;. The van der Waals surface area contributed by atoms with Crippen LogP contribution in [0.3, 0.4) is 0 Å². The van der Waals surface area contributed by atoms with E-state index in [1.165, 1.54) is 16.0 Å². The zero-order chi connectivity index (χ0) is 19.8. The van der Waals surface area contributed by atoms with E-state index in [0.29, 0.717) is 5.71 Å². The van der Waals surface area contributed by atoms with Gasteiger partial charge in [0.25, 0.3) is 0 Å². The van der Waals surface area contributed by atoms with Crippen molar-refractivity contribution in [2.45, 2.75) is 12.5 Å². The number of nitrogens with zero attached hydrogens (tertiary/aromatic N) is 3. The summed E-state index contributed by atoms with van der Waals surface area (Å²) in [5.41, 5.74) is 4.24. The van der Waals surface area contributed by atoms with Gasteiger partial charge in [-0.25, -0.2) is 0 Å². The third-order valence-corrected chi connectivity index (χ3v) is 5.53. The number of hydrogen-bond donors (Lipinski definition) is 1. The number of fused-ring (bicyclic) bond motifs is 1. The molecule has 0 spiro atoms. The minimum Gasteiger partial charge on any atom is -0.323 e. The second-order valence-corrected chi connectivity index (χ2v) is 7.91. The van der Waals surface area contributed by atoms with Crippen LogP contribution < -0.4 is 5.84 Å². The number of likely N-dealkylation sites (N-methyl/N-ethyl adjacent to an activating group) is 1. The first kappa shape index (κ1) is 21.1. The van der Waals surface area contributed by atoms with E-state index in [0.717, 1.165) is 23.0 Å². The maximum Gasteiger partial charge on any atom is 0.108 e. The number of halogens is 1. The fourth-order valence-corrected chi connectivity index (χ4v) is 4.56. The fraction of sp³-hybridized carbons (Fsp3) is 0.238. The van der Waals surface area contributed by atoms with E-state index in [1.807, 2.05) is 12.1 Å². The Hall–Kier alpha value is -2.21. The first-order valence-corrected chi connectivity index (χ1v) is 9.74. The largest absolute Gasteiger partial charge is 0.323 e. The smallest absolute Gasteiger partial charge is 0.108 e. The maximum absolute atomic E-state index is 6.27. The number of benzene rings is 1. The molecule has 142 valence electrons. The molecule has 0 amide bonds. The quantitative estimate of drug-likeness (QED) is 0.350. The number of hydrogen-bond acceptors (Lipinski definition) is 5. The van der Waals surface area contributed by atoms with Crippen molar-refractivity contribution in [1.29, 1.82) is 0 Å². The molecule has 2 aromatic rings. The molecule has 6 heteroatoms. The van der Waals surface area contributed by atoms with Gasteiger partial charge in [-0.3, -0.25) is 4.99 Å². The van der Waals surface area contributed by atoms with E-state index in [-0.39, 0.29) is 5.92 Å². The highest BCUT2D eigenvalue weighted by Crippen LogP contribution is 2.40. The Morgan fingerprint density at radius 3 is 2.63 bits per heavy atom. The van der Waals surface area contributed by atoms with Crippen LogP contribution in [0.4, 0.5) is 0 Å². The molecule has 0 radical (unpaired) electrons. The van der Waals surface area contributed by atoms with E-state index in [1.54, 1.807) is 36.8 Å². The molecule has 27 heavy (non-hydrogen) atoms. The molecule has 1 aromatic carbocycles. The van der Waals surface area contributed by atoms with Crippen LogP contribution in [0.25, 0.3) is 0 Å². The Morgan fingerprint density at radius 1 is 1.30 bits per heavy atom. The second-order valence-electron chi connectivity index (χ2n) is 6.14. The summed E-state index contributed by atoms with van der Waals surface area (Å²) >= 11 is 7.93. The maximum atomic E-state index is 6.27. The number of thiophene rings is 1. The van der Waals surface area contributed by atoms with Crippen molar-refractivity contribution in [2.75, 3.05) is 20.6 Å². The van der Waals surface area contributed by atoms with Crippen LogP contribution in [0.5, 0.6) is 0 Å². The van der Waals surface area contributed by atoms with Gasteiger partial charge in [-0.15, -0.1) is 11.3 Å². The van der Waals surface area contributed by atoms with Crippen molar-refractivity contribution in [2.24, 2.45) is 15.9 Å². The molecule has 0 bridgehead atoms. The molecule has 0 fully saturated rings. The summed E-state index contributed by atoms with van der Waals surface area (Å²) in [6, 6.07) is 10.3. The Labute approximate surface area is 170 Å². The minimum atomic E-state index is 0.255. The Balaban J connectivity index is 0.000000596. The van der Waals surface area contributed by atoms with Crippen molar-refractivity contribution in [3.63, 3.8) is 0 Å². The van der Waals surface area contributed by atoms with Crippen LogP contribution in [-0.4, -0.2) is 37.5 Å². The zero-order valence-electron chi connectivity index (χ0n) is 15.7. The van der Waals surface area contributed by atoms with Gasteiger partial charge < -0.3 is 10.7 Å². The molecule has 1 aliphatic heterocycles. The second kappa shape index (κ2) is 10.2. The number of hydrazone groups is 1. The van der Waals surface area contributed by atoms with Crippen molar-refractivity contribution in [3.8, 4) is 0 Å². The number of allylic oxidation sites excluding steroid dienone is 2. The number of rotatable bonds is 4. The summed E-state index contributed by atoms with van der Waals surface area (Å²) in [4.78, 5) is 7.72. The average molecular weight is 401 g/mol. The lowest BCUT2D eigenvalue weighted by molar-refractivity contribution is 0.299. The van der Waals surface area contributed by atoms with E-state index >= 15 is 0 Å². The SMILES string of the molecule is C=CC=C.CN=C/C(=N\N)c1ccccc1C1CN(C)Cc2sc(Cl)cc21. The Bertz CT molecular complexity index is 848. The van der Waals surface area contributed by atoms with Gasteiger partial charge >= 0.3 is 0 Å². The fourth-order valence-electron chi connectivity index (χ4n) is 3.14. The molecule has 3 rings (SSSR count). The van der Waals surface area contributed by atoms with Gasteiger partial charge in [0, 0.05) is 42.7 Å². The normalized spacial score (nSPS) is 17.1.